The summed E-state index contributed by atoms with van der Waals surface area (Å²) in [6.07, 6.45) is 0. The Labute approximate surface area is 179 Å². The lowest BCUT2D eigenvalue weighted by atomic mass is 10.1. The Hall–Kier alpha value is -2.01. The van der Waals surface area contributed by atoms with Gasteiger partial charge in [-0.3, -0.25) is 9.59 Å². The number of carbonyl (C=O) groups excluding carboxylic acids is 2. The maximum atomic E-state index is 12.6. The van der Waals surface area contributed by atoms with E-state index in [2.05, 4.69) is 10.6 Å². The van der Waals surface area contributed by atoms with Crippen LogP contribution in [-0.4, -0.2) is 81.2 Å². The number of quaternary nitrogens is 1. The van der Waals surface area contributed by atoms with E-state index in [0.717, 1.165) is 21.7 Å². The molecule has 168 valence electrons. The molecule has 0 radical (unpaired) electrons. The molecule has 1 aromatic carbocycles. The molecule has 0 aliphatic carbocycles. The molecule has 0 unspecified atom stereocenters. The Kier molecular flexibility index (Phi) is 8.78. The van der Waals surface area contributed by atoms with Crippen molar-refractivity contribution in [2.45, 2.75) is 27.7 Å². The van der Waals surface area contributed by atoms with Crippen molar-refractivity contribution in [3.05, 3.63) is 29.3 Å². The summed E-state index contributed by atoms with van der Waals surface area (Å²) in [6, 6.07) is 5.77. The summed E-state index contributed by atoms with van der Waals surface area (Å²) in [6.45, 7) is 10.4. The summed E-state index contributed by atoms with van der Waals surface area (Å²) < 4.78 is 28.1. The van der Waals surface area contributed by atoms with E-state index in [-0.39, 0.29) is 24.9 Å². The quantitative estimate of drug-likeness (QED) is 0.465. The Morgan fingerprint density at radius 2 is 1.63 bits per heavy atom. The lowest BCUT2D eigenvalue weighted by molar-refractivity contribution is -0.895. The van der Waals surface area contributed by atoms with E-state index in [1.165, 1.54) is 8.61 Å². The van der Waals surface area contributed by atoms with Gasteiger partial charge in [0.25, 0.3) is 16.1 Å². The van der Waals surface area contributed by atoms with Gasteiger partial charge in [0.05, 0.1) is 32.7 Å². The average Bonchev–Trinajstić information content (AvgIpc) is 2.70. The Morgan fingerprint density at radius 1 is 1.07 bits per heavy atom. The largest absolute Gasteiger partial charge is 0.342 e. The average molecular weight is 441 g/mol. The monoisotopic (exact) mass is 440 g/mol. The van der Waals surface area contributed by atoms with E-state index in [1.54, 1.807) is 0 Å². The molecule has 1 saturated heterocycles. The van der Waals surface area contributed by atoms with Gasteiger partial charge in [-0.2, -0.15) is 17.0 Å². The molecular weight excluding hydrogens is 406 g/mol. The number of para-hydroxylation sites is 1. The van der Waals surface area contributed by atoms with E-state index in [4.69, 9.17) is 0 Å². The van der Waals surface area contributed by atoms with Gasteiger partial charge < -0.3 is 15.5 Å². The van der Waals surface area contributed by atoms with Gasteiger partial charge in [-0.25, -0.2) is 0 Å². The molecule has 1 aliphatic rings. The van der Waals surface area contributed by atoms with Crippen LogP contribution in [0.5, 0.6) is 0 Å². The first kappa shape index (κ1) is 24.3. The SMILES string of the molecule is CCN(CC)S(=O)(=O)N1CC[NH+](CC(=O)NCC(=O)Nc2c(C)cccc2C)CC1. The van der Waals surface area contributed by atoms with Crippen LogP contribution in [0.25, 0.3) is 0 Å². The summed E-state index contributed by atoms with van der Waals surface area (Å²) in [5.74, 6) is -0.493. The fourth-order valence-corrected chi connectivity index (χ4v) is 5.21. The summed E-state index contributed by atoms with van der Waals surface area (Å²) in [4.78, 5) is 25.4. The van der Waals surface area contributed by atoms with Gasteiger partial charge in [-0.05, 0) is 25.0 Å². The van der Waals surface area contributed by atoms with E-state index in [1.807, 2.05) is 45.9 Å². The molecule has 0 spiro atoms. The van der Waals surface area contributed by atoms with Gasteiger partial charge in [0.2, 0.25) is 5.91 Å². The van der Waals surface area contributed by atoms with Crippen LogP contribution in [0.3, 0.4) is 0 Å². The fourth-order valence-electron chi connectivity index (χ4n) is 3.59. The van der Waals surface area contributed by atoms with Crippen LogP contribution < -0.4 is 15.5 Å². The minimum Gasteiger partial charge on any atom is -0.342 e. The highest BCUT2D eigenvalue weighted by Crippen LogP contribution is 2.18. The molecule has 2 amide bonds. The van der Waals surface area contributed by atoms with Crippen molar-refractivity contribution in [3.63, 3.8) is 0 Å². The van der Waals surface area contributed by atoms with Crippen LogP contribution in [0.2, 0.25) is 0 Å². The number of amides is 2. The third-order valence-electron chi connectivity index (χ3n) is 5.39. The van der Waals surface area contributed by atoms with Crippen LogP contribution >= 0.6 is 0 Å². The molecule has 0 atom stereocenters. The number of hydrogen-bond acceptors (Lipinski definition) is 4. The van der Waals surface area contributed by atoms with Gasteiger partial charge in [0, 0.05) is 18.8 Å². The summed E-state index contributed by atoms with van der Waals surface area (Å²) in [5, 5.41) is 5.50. The fraction of sp³-hybridized carbons (Fsp3) is 0.600. The van der Waals surface area contributed by atoms with Gasteiger partial charge in [-0.1, -0.05) is 32.0 Å². The zero-order chi connectivity index (χ0) is 22.3. The van der Waals surface area contributed by atoms with Crippen molar-refractivity contribution in [3.8, 4) is 0 Å². The zero-order valence-corrected chi connectivity index (χ0v) is 19.1. The summed E-state index contributed by atoms with van der Waals surface area (Å²) in [7, 11) is -3.43. The number of nitrogens with zero attached hydrogens (tertiary/aromatic N) is 2. The number of hydrogen-bond donors (Lipinski definition) is 3. The highest BCUT2D eigenvalue weighted by Gasteiger charge is 2.33. The van der Waals surface area contributed by atoms with Gasteiger partial charge in [0.15, 0.2) is 6.54 Å². The molecule has 1 heterocycles. The summed E-state index contributed by atoms with van der Waals surface area (Å²) >= 11 is 0. The van der Waals surface area contributed by atoms with Crippen molar-refractivity contribution in [1.29, 1.82) is 0 Å². The van der Waals surface area contributed by atoms with Crippen LogP contribution in [-0.2, 0) is 19.8 Å². The first-order chi connectivity index (χ1) is 14.2. The highest BCUT2D eigenvalue weighted by atomic mass is 32.2. The minimum absolute atomic E-state index is 0.0949. The second kappa shape index (κ2) is 10.9. The Balaban J connectivity index is 1.77. The Morgan fingerprint density at radius 3 is 2.17 bits per heavy atom. The molecule has 1 aliphatic heterocycles. The molecule has 1 aromatic rings. The summed E-state index contributed by atoms with van der Waals surface area (Å²) in [5.41, 5.74) is 2.71. The van der Waals surface area contributed by atoms with E-state index in [0.29, 0.717) is 39.3 Å². The van der Waals surface area contributed by atoms with Crippen LogP contribution in [0, 0.1) is 13.8 Å². The standard InChI is InChI=1S/C20H33N5O4S/c1-5-24(6-2)30(28,29)25-12-10-23(11-13-25)15-19(27)21-14-18(26)22-20-16(3)8-7-9-17(20)4/h7-9H,5-6,10-15H2,1-4H3,(H,21,27)(H,22,26)/p+1. The van der Waals surface area contributed by atoms with Crippen molar-refractivity contribution in [2.24, 2.45) is 0 Å². The van der Waals surface area contributed by atoms with E-state index in [9.17, 15) is 18.0 Å². The second-order valence-electron chi connectivity index (χ2n) is 7.51. The zero-order valence-electron chi connectivity index (χ0n) is 18.3. The van der Waals surface area contributed by atoms with Crippen molar-refractivity contribution >= 4 is 27.7 Å². The Bertz CT molecular complexity index is 827. The second-order valence-corrected chi connectivity index (χ2v) is 9.44. The van der Waals surface area contributed by atoms with Crippen molar-refractivity contribution in [1.82, 2.24) is 13.9 Å². The molecule has 9 nitrogen and oxygen atoms in total. The smallest absolute Gasteiger partial charge is 0.282 e. The van der Waals surface area contributed by atoms with Crippen molar-refractivity contribution < 1.29 is 22.9 Å². The van der Waals surface area contributed by atoms with Crippen LogP contribution in [0.4, 0.5) is 5.69 Å². The van der Waals surface area contributed by atoms with Gasteiger partial charge >= 0.3 is 0 Å². The first-order valence-corrected chi connectivity index (χ1v) is 11.8. The van der Waals surface area contributed by atoms with E-state index < -0.39 is 10.2 Å². The maximum absolute atomic E-state index is 12.6. The van der Waals surface area contributed by atoms with Crippen LogP contribution in [0.15, 0.2) is 18.2 Å². The normalized spacial score (nSPS) is 15.9. The molecule has 10 heteroatoms. The molecule has 3 N–H and O–H groups in total. The number of rotatable bonds is 9. The number of piperazine rings is 1. The molecular formula is C20H34N5O4S+. The highest BCUT2D eigenvalue weighted by molar-refractivity contribution is 7.86. The minimum atomic E-state index is -3.43. The lowest BCUT2D eigenvalue weighted by Crippen LogP contribution is -3.15. The van der Waals surface area contributed by atoms with Gasteiger partial charge in [-0.15, -0.1) is 0 Å². The molecule has 30 heavy (non-hydrogen) atoms. The number of anilines is 1. The third-order valence-corrected chi connectivity index (χ3v) is 7.58. The molecule has 0 aromatic heterocycles. The molecule has 2 rings (SSSR count). The molecule has 0 saturated carbocycles. The number of aryl methyl sites for hydroxylation is 2. The maximum Gasteiger partial charge on any atom is 0.282 e. The third kappa shape index (κ3) is 6.24. The number of carbonyl (C=O) groups is 2. The number of nitrogens with one attached hydrogen (secondary N) is 3. The predicted octanol–water partition coefficient (Wildman–Crippen LogP) is -0.855. The molecule has 1 fully saturated rings. The van der Waals surface area contributed by atoms with Crippen molar-refractivity contribution in [2.75, 3.05) is 57.7 Å². The van der Waals surface area contributed by atoms with Gasteiger partial charge in [0.1, 0.15) is 0 Å². The lowest BCUT2D eigenvalue weighted by Gasteiger charge is -2.34. The first-order valence-electron chi connectivity index (χ1n) is 10.4. The topological polar surface area (TPSA) is 103 Å². The predicted molar refractivity (Wildman–Crippen MR) is 117 cm³/mol. The van der Waals surface area contributed by atoms with E-state index >= 15 is 0 Å². The van der Waals surface area contributed by atoms with Crippen LogP contribution in [0.1, 0.15) is 25.0 Å². The molecule has 0 bridgehead atoms. The number of benzene rings is 1.